The van der Waals surface area contributed by atoms with Gasteiger partial charge in [-0.25, -0.2) is 4.39 Å². The lowest BCUT2D eigenvalue weighted by molar-refractivity contribution is 0.627. The van der Waals surface area contributed by atoms with E-state index >= 15 is 0 Å². The third-order valence-corrected chi connectivity index (χ3v) is 3.49. The number of halogens is 1. The summed E-state index contributed by atoms with van der Waals surface area (Å²) in [6.45, 7) is 0. The third-order valence-electron chi connectivity index (χ3n) is 2.54. The van der Waals surface area contributed by atoms with Gasteiger partial charge in [0.1, 0.15) is 12.0 Å². The van der Waals surface area contributed by atoms with E-state index in [-0.39, 0.29) is 12.0 Å². The molecule has 1 aromatic carbocycles. The summed E-state index contributed by atoms with van der Waals surface area (Å²) in [5, 5.41) is 3.70. The zero-order valence-electron chi connectivity index (χ0n) is 7.85. The van der Waals surface area contributed by atoms with Gasteiger partial charge in [-0.05, 0) is 23.8 Å². The summed E-state index contributed by atoms with van der Waals surface area (Å²) in [6, 6.07) is 6.51. The van der Waals surface area contributed by atoms with Gasteiger partial charge in [-0.3, -0.25) is 4.99 Å². The highest BCUT2D eigenvalue weighted by atomic mass is 32.2. The Balaban J connectivity index is 1.87. The van der Waals surface area contributed by atoms with Crippen molar-refractivity contribution in [2.75, 3.05) is 0 Å². The van der Waals surface area contributed by atoms with Crippen LogP contribution in [0.5, 0.6) is 0 Å². The average molecular weight is 220 g/mol. The number of fused-ring (bicyclic) bond motifs is 1. The molecular formula is C11H9FN2S. The molecule has 0 saturated carbocycles. The third kappa shape index (κ3) is 1.55. The molecule has 0 spiro atoms. The van der Waals surface area contributed by atoms with E-state index in [1.807, 2.05) is 5.55 Å². The lowest BCUT2D eigenvalue weighted by Crippen LogP contribution is -2.24. The molecule has 1 aromatic rings. The maximum absolute atomic E-state index is 12.7. The van der Waals surface area contributed by atoms with Gasteiger partial charge in [0.15, 0.2) is 0 Å². The Labute approximate surface area is 91.3 Å². The number of nitrogens with zero attached hydrogens (tertiary/aromatic N) is 1. The monoisotopic (exact) mass is 220 g/mol. The Morgan fingerprint density at radius 3 is 2.80 bits per heavy atom. The summed E-state index contributed by atoms with van der Waals surface area (Å²) in [4.78, 5) is 4.29. The van der Waals surface area contributed by atoms with Gasteiger partial charge in [-0.1, -0.05) is 12.1 Å². The Bertz CT molecular complexity index is 438. The molecule has 0 bridgehead atoms. The summed E-state index contributed by atoms with van der Waals surface area (Å²) in [5.74, 6) is -0.204. The first-order valence-electron chi connectivity index (χ1n) is 4.74. The number of rotatable bonds is 1. The largest absolute Gasteiger partial charge is 0.362 e. The minimum Gasteiger partial charge on any atom is -0.362 e. The van der Waals surface area contributed by atoms with Crippen molar-refractivity contribution in [3.63, 3.8) is 0 Å². The Morgan fingerprint density at radius 1 is 1.27 bits per heavy atom. The van der Waals surface area contributed by atoms with E-state index in [2.05, 4.69) is 16.4 Å². The number of thioether (sulfide) groups is 1. The highest BCUT2D eigenvalue weighted by molar-refractivity contribution is 8.13. The number of hydrogen-bond donors (Lipinski definition) is 1. The van der Waals surface area contributed by atoms with Crippen molar-refractivity contribution in [1.29, 1.82) is 0 Å². The van der Waals surface area contributed by atoms with Crippen LogP contribution in [-0.2, 0) is 0 Å². The van der Waals surface area contributed by atoms with Gasteiger partial charge in [-0.15, -0.1) is 11.8 Å². The SMILES string of the molecule is Fc1ccc(C2=CC3SC=NC3N2)cc1. The van der Waals surface area contributed by atoms with Crippen molar-refractivity contribution in [3.8, 4) is 0 Å². The summed E-state index contributed by atoms with van der Waals surface area (Å²) >= 11 is 1.71. The molecule has 1 N–H and O–H groups in total. The Kier molecular flexibility index (Phi) is 2.02. The van der Waals surface area contributed by atoms with Gasteiger partial charge < -0.3 is 5.32 Å². The maximum atomic E-state index is 12.7. The zero-order chi connectivity index (χ0) is 10.3. The molecule has 15 heavy (non-hydrogen) atoms. The second-order valence-electron chi connectivity index (χ2n) is 3.53. The fourth-order valence-electron chi connectivity index (χ4n) is 1.76. The van der Waals surface area contributed by atoms with Crippen LogP contribution in [0.1, 0.15) is 5.56 Å². The standard InChI is InChI=1S/C11H9FN2S/c12-8-3-1-7(2-4-8)9-5-10-11(14-9)13-6-15-10/h1-6,10-11,14H. The molecule has 0 fully saturated rings. The second-order valence-corrected chi connectivity index (χ2v) is 4.56. The van der Waals surface area contributed by atoms with E-state index in [1.165, 1.54) is 12.1 Å². The lowest BCUT2D eigenvalue weighted by atomic mass is 10.1. The zero-order valence-corrected chi connectivity index (χ0v) is 8.67. The first-order chi connectivity index (χ1) is 7.33. The molecule has 2 unspecified atom stereocenters. The van der Waals surface area contributed by atoms with Crippen LogP contribution >= 0.6 is 11.8 Å². The number of nitrogens with one attached hydrogen (secondary N) is 1. The molecular weight excluding hydrogens is 211 g/mol. The van der Waals surface area contributed by atoms with Crippen molar-refractivity contribution >= 4 is 23.0 Å². The van der Waals surface area contributed by atoms with Gasteiger partial charge >= 0.3 is 0 Å². The molecule has 0 radical (unpaired) electrons. The Morgan fingerprint density at radius 2 is 2.07 bits per heavy atom. The van der Waals surface area contributed by atoms with E-state index in [0.29, 0.717) is 5.25 Å². The molecule has 2 aliphatic rings. The van der Waals surface area contributed by atoms with Crippen LogP contribution in [0.3, 0.4) is 0 Å². The number of aliphatic imine (C=N–C) groups is 1. The maximum Gasteiger partial charge on any atom is 0.135 e. The van der Waals surface area contributed by atoms with Crippen molar-refractivity contribution in [1.82, 2.24) is 5.32 Å². The normalized spacial score (nSPS) is 27.4. The molecule has 2 heterocycles. The fourth-order valence-corrected chi connectivity index (χ4v) is 2.60. The fraction of sp³-hybridized carbons (Fsp3) is 0.182. The quantitative estimate of drug-likeness (QED) is 0.785. The Hall–Kier alpha value is -1.29. The summed E-state index contributed by atoms with van der Waals surface area (Å²) in [7, 11) is 0. The van der Waals surface area contributed by atoms with Crippen LogP contribution < -0.4 is 5.32 Å². The summed E-state index contributed by atoms with van der Waals surface area (Å²) in [6.07, 6.45) is 2.31. The molecule has 0 amide bonds. The molecule has 0 aromatic heterocycles. The van der Waals surface area contributed by atoms with Crippen molar-refractivity contribution in [2.45, 2.75) is 11.4 Å². The van der Waals surface area contributed by atoms with Crippen LogP contribution in [0, 0.1) is 5.82 Å². The van der Waals surface area contributed by atoms with E-state index in [0.717, 1.165) is 11.3 Å². The first-order valence-corrected chi connectivity index (χ1v) is 5.68. The highest BCUT2D eigenvalue weighted by Gasteiger charge is 2.29. The van der Waals surface area contributed by atoms with Crippen molar-refractivity contribution < 1.29 is 4.39 Å². The predicted molar refractivity (Wildman–Crippen MR) is 61.2 cm³/mol. The number of hydrogen-bond acceptors (Lipinski definition) is 3. The number of benzene rings is 1. The van der Waals surface area contributed by atoms with Gasteiger partial charge in [0.05, 0.1) is 10.8 Å². The van der Waals surface area contributed by atoms with Crippen LogP contribution in [0.4, 0.5) is 4.39 Å². The topological polar surface area (TPSA) is 24.4 Å². The second kappa shape index (κ2) is 3.38. The molecule has 0 aliphatic carbocycles. The minimum atomic E-state index is -0.204. The molecule has 3 rings (SSSR count). The highest BCUT2D eigenvalue weighted by Crippen LogP contribution is 2.31. The van der Waals surface area contributed by atoms with Crippen molar-refractivity contribution in [3.05, 3.63) is 41.7 Å². The van der Waals surface area contributed by atoms with Gasteiger partial charge in [0.2, 0.25) is 0 Å². The van der Waals surface area contributed by atoms with Crippen LogP contribution in [0.15, 0.2) is 35.3 Å². The van der Waals surface area contributed by atoms with E-state index in [9.17, 15) is 4.39 Å². The van der Waals surface area contributed by atoms with Gasteiger partial charge in [0, 0.05) is 5.70 Å². The van der Waals surface area contributed by atoms with Crippen LogP contribution in [0.2, 0.25) is 0 Å². The van der Waals surface area contributed by atoms with E-state index in [4.69, 9.17) is 0 Å². The summed E-state index contributed by atoms with van der Waals surface area (Å²) in [5.41, 5.74) is 3.94. The van der Waals surface area contributed by atoms with Crippen molar-refractivity contribution in [2.24, 2.45) is 4.99 Å². The van der Waals surface area contributed by atoms with Crippen LogP contribution in [0.25, 0.3) is 5.70 Å². The molecule has 4 heteroatoms. The van der Waals surface area contributed by atoms with E-state index < -0.39 is 0 Å². The summed E-state index contributed by atoms with van der Waals surface area (Å²) < 4.78 is 12.7. The lowest BCUT2D eigenvalue weighted by Gasteiger charge is -2.08. The van der Waals surface area contributed by atoms with E-state index in [1.54, 1.807) is 23.9 Å². The molecule has 2 nitrogen and oxygen atoms in total. The van der Waals surface area contributed by atoms with Crippen LogP contribution in [-0.4, -0.2) is 17.0 Å². The minimum absolute atomic E-state index is 0.162. The average Bonchev–Trinajstić information content (AvgIpc) is 2.78. The predicted octanol–water partition coefficient (Wildman–Crippen LogP) is 2.24. The molecule has 0 saturated heterocycles. The molecule has 2 atom stereocenters. The van der Waals surface area contributed by atoms with Gasteiger partial charge in [0.25, 0.3) is 0 Å². The molecule has 76 valence electrons. The van der Waals surface area contributed by atoms with Gasteiger partial charge in [-0.2, -0.15) is 0 Å². The molecule has 2 aliphatic heterocycles. The smallest absolute Gasteiger partial charge is 0.135 e. The first kappa shape index (κ1) is 8.97.